The summed E-state index contributed by atoms with van der Waals surface area (Å²) in [6, 6.07) is 0. The minimum absolute atomic E-state index is 0.123. The van der Waals surface area contributed by atoms with Crippen molar-refractivity contribution in [3.8, 4) is 0 Å². The van der Waals surface area contributed by atoms with Crippen molar-refractivity contribution >= 4 is 17.7 Å². The van der Waals surface area contributed by atoms with E-state index in [1.807, 2.05) is 0 Å². The highest BCUT2D eigenvalue weighted by atomic mass is 32.2. The van der Waals surface area contributed by atoms with E-state index in [0.29, 0.717) is 0 Å². The highest BCUT2D eigenvalue weighted by Gasteiger charge is 2.40. The summed E-state index contributed by atoms with van der Waals surface area (Å²) in [4.78, 5) is 20.9. The maximum Gasteiger partial charge on any atom is 0.238 e. The van der Waals surface area contributed by atoms with Crippen molar-refractivity contribution < 1.29 is 4.79 Å². The molecule has 0 bridgehead atoms. The van der Waals surface area contributed by atoms with Gasteiger partial charge in [0.05, 0.1) is 4.75 Å². The van der Waals surface area contributed by atoms with Gasteiger partial charge in [-0.2, -0.15) is 0 Å². The molecule has 0 aromatic rings. The highest BCUT2D eigenvalue weighted by molar-refractivity contribution is 8.02. The third kappa shape index (κ3) is 1.13. The molecule has 56 valence electrons. The molecule has 0 aliphatic carbocycles. The van der Waals surface area contributed by atoms with Gasteiger partial charge in [0, 0.05) is 0 Å². The van der Waals surface area contributed by atoms with Gasteiger partial charge in [-0.1, -0.05) is 11.8 Å². The van der Waals surface area contributed by atoms with E-state index in [2.05, 4.69) is 10.5 Å². The minimum Gasteiger partial charge on any atom is -0.322 e. The second-order valence-corrected chi connectivity index (χ2v) is 4.26. The molecule has 1 atom stereocenters. The van der Waals surface area contributed by atoms with Crippen molar-refractivity contribution in [2.75, 3.05) is 0 Å². The largest absolute Gasteiger partial charge is 0.322 e. The van der Waals surface area contributed by atoms with Crippen LogP contribution in [0.25, 0.3) is 0 Å². The lowest BCUT2D eigenvalue weighted by Crippen LogP contribution is -2.31. The van der Waals surface area contributed by atoms with E-state index < -0.39 is 10.2 Å². The summed E-state index contributed by atoms with van der Waals surface area (Å²) in [7, 11) is 0. The second kappa shape index (κ2) is 2.23. The highest BCUT2D eigenvalue weighted by Crippen LogP contribution is 2.33. The smallest absolute Gasteiger partial charge is 0.238 e. The van der Waals surface area contributed by atoms with Crippen LogP contribution < -0.4 is 5.32 Å². The molecule has 0 aromatic carbocycles. The van der Waals surface area contributed by atoms with Crippen LogP contribution in [-0.4, -0.2) is 16.2 Å². The number of amides is 1. The fourth-order valence-electron chi connectivity index (χ4n) is 0.696. The molecule has 1 saturated heterocycles. The van der Waals surface area contributed by atoms with Gasteiger partial charge in [0.25, 0.3) is 0 Å². The molecule has 1 unspecified atom stereocenters. The molecule has 1 aliphatic rings. The number of nitrogens with zero attached hydrogens (tertiary/aromatic N) is 1. The first-order chi connectivity index (χ1) is 4.56. The lowest BCUT2D eigenvalue weighted by atomic mass is 10.2. The van der Waals surface area contributed by atoms with Gasteiger partial charge in [-0.25, -0.2) is 0 Å². The average Bonchev–Trinajstić information content (AvgIpc) is 2.08. The van der Waals surface area contributed by atoms with Gasteiger partial charge in [0.15, 0.2) is 0 Å². The quantitative estimate of drug-likeness (QED) is 0.574. The van der Waals surface area contributed by atoms with Crippen molar-refractivity contribution in [2.45, 2.75) is 24.1 Å². The molecule has 1 fully saturated rings. The van der Waals surface area contributed by atoms with Crippen molar-refractivity contribution in [3.05, 3.63) is 4.91 Å². The van der Waals surface area contributed by atoms with Gasteiger partial charge in [-0.3, -0.25) is 4.79 Å². The zero-order valence-corrected chi connectivity index (χ0v) is 6.57. The fraction of sp³-hybridized carbons (Fsp3) is 0.800. The Morgan fingerprint density at radius 3 is 2.50 bits per heavy atom. The zero-order valence-electron chi connectivity index (χ0n) is 5.75. The molecule has 1 aliphatic heterocycles. The maximum atomic E-state index is 10.9. The van der Waals surface area contributed by atoms with E-state index in [4.69, 9.17) is 0 Å². The zero-order chi connectivity index (χ0) is 7.78. The third-order valence-corrected chi connectivity index (χ3v) is 2.51. The lowest BCUT2D eigenvalue weighted by Gasteiger charge is -2.09. The van der Waals surface area contributed by atoms with Crippen molar-refractivity contribution in [3.63, 3.8) is 0 Å². The Hall–Kier alpha value is -0.580. The van der Waals surface area contributed by atoms with E-state index in [-0.39, 0.29) is 5.91 Å². The van der Waals surface area contributed by atoms with Crippen LogP contribution in [-0.2, 0) is 4.79 Å². The molecular weight excluding hydrogens is 152 g/mol. The summed E-state index contributed by atoms with van der Waals surface area (Å²) in [5, 5.41) is 5.15. The third-order valence-electron chi connectivity index (χ3n) is 1.30. The van der Waals surface area contributed by atoms with Crippen LogP contribution in [0.5, 0.6) is 0 Å². The van der Waals surface area contributed by atoms with E-state index in [1.165, 1.54) is 11.8 Å². The average molecular weight is 160 g/mol. The fourth-order valence-corrected chi connectivity index (χ4v) is 1.63. The van der Waals surface area contributed by atoms with E-state index in [1.54, 1.807) is 13.8 Å². The van der Waals surface area contributed by atoms with Gasteiger partial charge in [0.2, 0.25) is 11.4 Å². The number of hydrogen-bond donors (Lipinski definition) is 1. The Labute approximate surface area is 62.7 Å². The maximum absolute atomic E-state index is 10.9. The first kappa shape index (κ1) is 7.53. The molecule has 10 heavy (non-hydrogen) atoms. The van der Waals surface area contributed by atoms with Crippen LogP contribution in [0.1, 0.15) is 13.8 Å². The number of hydrogen-bond acceptors (Lipinski definition) is 4. The summed E-state index contributed by atoms with van der Waals surface area (Å²) in [5.74, 6) is -0.123. The predicted octanol–water partition coefficient (Wildman–Crippen LogP) is 0.678. The number of carbonyl (C=O) groups excluding carboxylic acids is 1. The van der Waals surface area contributed by atoms with Crippen LogP contribution in [0, 0.1) is 4.91 Å². The molecule has 1 heterocycles. The summed E-state index contributed by atoms with van der Waals surface area (Å²) in [6.45, 7) is 3.52. The molecule has 5 heteroatoms. The Morgan fingerprint density at radius 2 is 2.30 bits per heavy atom. The number of rotatable bonds is 1. The Morgan fingerprint density at radius 1 is 1.70 bits per heavy atom. The van der Waals surface area contributed by atoms with Crippen LogP contribution in [0.2, 0.25) is 0 Å². The van der Waals surface area contributed by atoms with Gasteiger partial charge >= 0.3 is 0 Å². The standard InChI is InChI=1S/C5H8N2O2S/c1-5(2)3(8)6-4(7-9)10-5/h4H,1-2H3,(H,6,8). The molecule has 1 rings (SSSR count). The van der Waals surface area contributed by atoms with Gasteiger partial charge in [-0.15, -0.1) is 4.91 Å². The minimum atomic E-state index is -0.595. The van der Waals surface area contributed by atoms with E-state index in [9.17, 15) is 9.70 Å². The Balaban J connectivity index is 2.70. The molecule has 4 nitrogen and oxygen atoms in total. The predicted molar refractivity (Wildman–Crippen MR) is 39.4 cm³/mol. The van der Waals surface area contributed by atoms with Crippen molar-refractivity contribution in [1.29, 1.82) is 0 Å². The topological polar surface area (TPSA) is 58.5 Å². The molecule has 0 saturated carbocycles. The molecular formula is C5H8N2O2S. The van der Waals surface area contributed by atoms with Crippen molar-refractivity contribution in [2.24, 2.45) is 5.18 Å². The van der Waals surface area contributed by atoms with Crippen LogP contribution in [0.3, 0.4) is 0 Å². The van der Waals surface area contributed by atoms with Crippen LogP contribution >= 0.6 is 11.8 Å². The number of thioether (sulfide) groups is 1. The first-order valence-electron chi connectivity index (χ1n) is 2.87. The van der Waals surface area contributed by atoms with Crippen LogP contribution in [0.15, 0.2) is 5.18 Å². The van der Waals surface area contributed by atoms with Gasteiger partial charge in [-0.05, 0) is 19.0 Å². The number of nitroso groups, excluding NO2 is 1. The normalized spacial score (nSPS) is 29.8. The Kier molecular flexibility index (Phi) is 1.68. The van der Waals surface area contributed by atoms with E-state index in [0.717, 1.165) is 0 Å². The molecule has 0 aromatic heterocycles. The summed E-state index contributed by atoms with van der Waals surface area (Å²) >= 11 is 1.24. The molecule has 1 N–H and O–H groups in total. The molecule has 0 radical (unpaired) electrons. The first-order valence-corrected chi connectivity index (χ1v) is 3.75. The Bertz CT molecular complexity index is 180. The summed E-state index contributed by atoms with van der Waals surface area (Å²) in [6.07, 6.45) is 0. The van der Waals surface area contributed by atoms with E-state index >= 15 is 0 Å². The monoisotopic (exact) mass is 160 g/mol. The van der Waals surface area contributed by atoms with Gasteiger partial charge in [0.1, 0.15) is 0 Å². The summed E-state index contributed by atoms with van der Waals surface area (Å²) in [5.41, 5.74) is -0.595. The van der Waals surface area contributed by atoms with Crippen molar-refractivity contribution in [1.82, 2.24) is 5.32 Å². The second-order valence-electron chi connectivity index (χ2n) is 2.56. The lowest BCUT2D eigenvalue weighted by molar-refractivity contribution is -0.121. The molecule has 0 spiro atoms. The van der Waals surface area contributed by atoms with Gasteiger partial charge < -0.3 is 5.32 Å². The number of nitrogens with one attached hydrogen (secondary N) is 1. The molecule has 1 amide bonds. The number of carbonyl (C=O) groups is 1. The van der Waals surface area contributed by atoms with Crippen LogP contribution in [0.4, 0.5) is 0 Å². The summed E-state index contributed by atoms with van der Waals surface area (Å²) < 4.78 is -0.501. The SMILES string of the molecule is CC1(C)SC(N=O)NC1=O.